The number of amides is 1. The first-order chi connectivity index (χ1) is 7.71. The minimum Gasteiger partial charge on any atom is -0.381 e. The second-order valence-corrected chi connectivity index (χ2v) is 5.15. The quantitative estimate of drug-likeness (QED) is 0.871. The van der Waals surface area contributed by atoms with Crippen LogP contribution in [0.25, 0.3) is 0 Å². The third kappa shape index (κ3) is 3.56. The molecule has 0 heterocycles. The molecule has 94 valence electrons. The van der Waals surface area contributed by atoms with Crippen LogP contribution in [-0.4, -0.2) is 28.6 Å². The van der Waals surface area contributed by atoms with E-state index in [4.69, 9.17) is 0 Å². The van der Waals surface area contributed by atoms with Gasteiger partial charge in [0.25, 0.3) is 5.91 Å². The average molecular weight is 235 g/mol. The molecule has 0 spiro atoms. The van der Waals surface area contributed by atoms with Gasteiger partial charge in [-0.05, 0) is 38.8 Å². The molecule has 1 aromatic carbocycles. The fourth-order valence-electron chi connectivity index (χ4n) is 1.82. The molecule has 3 nitrogen and oxygen atoms in total. The van der Waals surface area contributed by atoms with Gasteiger partial charge in [0, 0.05) is 13.6 Å². The van der Waals surface area contributed by atoms with E-state index in [1.807, 2.05) is 26.0 Å². The van der Waals surface area contributed by atoms with E-state index in [0.717, 1.165) is 5.56 Å². The van der Waals surface area contributed by atoms with Crippen LogP contribution >= 0.6 is 0 Å². The Labute approximate surface area is 103 Å². The standard InChI is InChI=1S/C14H21NO2/c1-10-6-7-12(11(2)8-10)9-15(5)13(16)14(3,4)17/h6-8,17H,9H2,1-5H3. The van der Waals surface area contributed by atoms with Gasteiger partial charge in [-0.1, -0.05) is 23.8 Å². The molecule has 0 aliphatic carbocycles. The Balaban J connectivity index is 2.81. The number of rotatable bonds is 3. The molecule has 0 saturated carbocycles. The van der Waals surface area contributed by atoms with E-state index in [9.17, 15) is 9.90 Å². The highest BCUT2D eigenvalue weighted by molar-refractivity contribution is 5.83. The van der Waals surface area contributed by atoms with Gasteiger partial charge in [-0.3, -0.25) is 4.79 Å². The average Bonchev–Trinajstić information content (AvgIpc) is 2.19. The van der Waals surface area contributed by atoms with E-state index >= 15 is 0 Å². The maximum atomic E-state index is 11.8. The van der Waals surface area contributed by atoms with Crippen molar-refractivity contribution in [2.75, 3.05) is 7.05 Å². The molecule has 1 aromatic rings. The number of hydrogen-bond donors (Lipinski definition) is 1. The van der Waals surface area contributed by atoms with Gasteiger partial charge < -0.3 is 10.0 Å². The normalized spacial score (nSPS) is 11.4. The third-order valence-electron chi connectivity index (χ3n) is 2.78. The van der Waals surface area contributed by atoms with E-state index in [0.29, 0.717) is 6.54 Å². The lowest BCUT2D eigenvalue weighted by molar-refractivity contribution is -0.146. The molecule has 0 aliphatic heterocycles. The number of aliphatic hydroxyl groups is 1. The number of likely N-dealkylation sites (N-methyl/N-ethyl adjacent to an activating group) is 1. The van der Waals surface area contributed by atoms with Gasteiger partial charge in [-0.15, -0.1) is 0 Å². The first-order valence-electron chi connectivity index (χ1n) is 5.76. The van der Waals surface area contributed by atoms with Crippen molar-refractivity contribution >= 4 is 5.91 Å². The third-order valence-corrected chi connectivity index (χ3v) is 2.78. The molecule has 1 N–H and O–H groups in total. The molecule has 0 aliphatic rings. The molecule has 0 saturated heterocycles. The van der Waals surface area contributed by atoms with Gasteiger partial charge in [0.1, 0.15) is 5.60 Å². The monoisotopic (exact) mass is 235 g/mol. The van der Waals surface area contributed by atoms with E-state index < -0.39 is 5.60 Å². The van der Waals surface area contributed by atoms with Crippen molar-refractivity contribution in [3.05, 3.63) is 34.9 Å². The van der Waals surface area contributed by atoms with Crippen molar-refractivity contribution in [1.29, 1.82) is 0 Å². The molecule has 17 heavy (non-hydrogen) atoms. The Morgan fingerprint density at radius 2 is 1.94 bits per heavy atom. The second-order valence-electron chi connectivity index (χ2n) is 5.15. The van der Waals surface area contributed by atoms with Crippen LogP contribution < -0.4 is 0 Å². The summed E-state index contributed by atoms with van der Waals surface area (Å²) in [6.45, 7) is 7.61. The molecule has 1 rings (SSSR count). The number of nitrogens with zero attached hydrogens (tertiary/aromatic N) is 1. The van der Waals surface area contributed by atoms with Gasteiger partial charge in [0.05, 0.1) is 0 Å². The first-order valence-corrected chi connectivity index (χ1v) is 5.76. The van der Waals surface area contributed by atoms with Crippen molar-refractivity contribution in [2.24, 2.45) is 0 Å². The summed E-state index contributed by atoms with van der Waals surface area (Å²) in [5.74, 6) is -0.266. The molecule has 0 aromatic heterocycles. The fourth-order valence-corrected chi connectivity index (χ4v) is 1.82. The summed E-state index contributed by atoms with van der Waals surface area (Å²) in [6.07, 6.45) is 0. The predicted molar refractivity (Wildman–Crippen MR) is 68.7 cm³/mol. The van der Waals surface area contributed by atoms with E-state index in [-0.39, 0.29) is 5.91 Å². The zero-order valence-corrected chi connectivity index (χ0v) is 11.2. The second kappa shape index (κ2) is 4.88. The summed E-state index contributed by atoms with van der Waals surface area (Å²) in [6, 6.07) is 6.15. The fraction of sp³-hybridized carbons (Fsp3) is 0.500. The Morgan fingerprint density at radius 1 is 1.35 bits per heavy atom. The van der Waals surface area contributed by atoms with Crippen molar-refractivity contribution in [3.63, 3.8) is 0 Å². The number of carbonyl (C=O) groups excluding carboxylic acids is 1. The van der Waals surface area contributed by atoms with Crippen molar-refractivity contribution in [3.8, 4) is 0 Å². The molecule has 0 atom stereocenters. The summed E-state index contributed by atoms with van der Waals surface area (Å²) in [4.78, 5) is 13.4. The molecule has 1 amide bonds. The highest BCUT2D eigenvalue weighted by atomic mass is 16.3. The number of hydrogen-bond acceptors (Lipinski definition) is 2. The van der Waals surface area contributed by atoms with Gasteiger partial charge in [0.15, 0.2) is 0 Å². The molecular weight excluding hydrogens is 214 g/mol. The highest BCUT2D eigenvalue weighted by Gasteiger charge is 2.27. The molecule has 0 unspecified atom stereocenters. The lowest BCUT2D eigenvalue weighted by Gasteiger charge is -2.25. The lowest BCUT2D eigenvalue weighted by atomic mass is 10.0. The van der Waals surface area contributed by atoms with Gasteiger partial charge >= 0.3 is 0 Å². The minimum absolute atomic E-state index is 0.266. The molecule has 0 radical (unpaired) electrons. The van der Waals surface area contributed by atoms with Gasteiger partial charge in [0.2, 0.25) is 0 Å². The van der Waals surface area contributed by atoms with Crippen LogP contribution in [0.3, 0.4) is 0 Å². The minimum atomic E-state index is -1.31. The topological polar surface area (TPSA) is 40.5 Å². The molecular formula is C14H21NO2. The van der Waals surface area contributed by atoms with E-state index in [1.54, 1.807) is 11.9 Å². The summed E-state index contributed by atoms with van der Waals surface area (Å²) in [5, 5.41) is 9.66. The summed E-state index contributed by atoms with van der Waals surface area (Å²) in [7, 11) is 1.71. The first kappa shape index (κ1) is 13.7. The van der Waals surface area contributed by atoms with Crippen LogP contribution in [0.2, 0.25) is 0 Å². The van der Waals surface area contributed by atoms with Crippen molar-refractivity contribution in [1.82, 2.24) is 4.90 Å². The van der Waals surface area contributed by atoms with Crippen LogP contribution in [0.5, 0.6) is 0 Å². The number of carbonyl (C=O) groups is 1. The maximum absolute atomic E-state index is 11.8. The largest absolute Gasteiger partial charge is 0.381 e. The van der Waals surface area contributed by atoms with Crippen LogP contribution in [0.4, 0.5) is 0 Å². The van der Waals surface area contributed by atoms with Crippen molar-refractivity contribution < 1.29 is 9.90 Å². The summed E-state index contributed by atoms with van der Waals surface area (Å²) in [5.41, 5.74) is 2.17. The Kier molecular flexibility index (Phi) is 3.94. The zero-order chi connectivity index (χ0) is 13.2. The number of aryl methyl sites for hydroxylation is 2. The lowest BCUT2D eigenvalue weighted by Crippen LogP contribution is -2.42. The highest BCUT2D eigenvalue weighted by Crippen LogP contribution is 2.14. The smallest absolute Gasteiger partial charge is 0.253 e. The SMILES string of the molecule is Cc1ccc(CN(C)C(=O)C(C)(C)O)c(C)c1. The molecule has 3 heteroatoms. The van der Waals surface area contributed by atoms with Crippen LogP contribution in [0.1, 0.15) is 30.5 Å². The predicted octanol–water partition coefficient (Wildman–Crippen LogP) is 2.03. The zero-order valence-electron chi connectivity index (χ0n) is 11.2. The summed E-state index contributed by atoms with van der Waals surface area (Å²) >= 11 is 0. The van der Waals surface area contributed by atoms with Gasteiger partial charge in [-0.25, -0.2) is 0 Å². The van der Waals surface area contributed by atoms with Crippen LogP contribution in [-0.2, 0) is 11.3 Å². The van der Waals surface area contributed by atoms with E-state index in [1.165, 1.54) is 25.0 Å². The van der Waals surface area contributed by atoms with E-state index in [2.05, 4.69) is 6.07 Å². The van der Waals surface area contributed by atoms with Crippen LogP contribution in [0, 0.1) is 13.8 Å². The molecule has 0 bridgehead atoms. The van der Waals surface area contributed by atoms with Crippen molar-refractivity contribution in [2.45, 2.75) is 39.8 Å². The Hall–Kier alpha value is -1.35. The maximum Gasteiger partial charge on any atom is 0.253 e. The Morgan fingerprint density at radius 3 is 2.41 bits per heavy atom. The van der Waals surface area contributed by atoms with Gasteiger partial charge in [-0.2, -0.15) is 0 Å². The van der Waals surface area contributed by atoms with Crippen LogP contribution in [0.15, 0.2) is 18.2 Å². The molecule has 0 fully saturated rings. The Bertz CT molecular complexity index is 419. The summed E-state index contributed by atoms with van der Waals surface area (Å²) < 4.78 is 0. The number of benzene rings is 1.